The zero-order chi connectivity index (χ0) is 31.9. The maximum absolute atomic E-state index is 14.1. The molecule has 1 fully saturated rings. The first-order chi connectivity index (χ1) is 21.0. The van der Waals surface area contributed by atoms with E-state index in [1.54, 1.807) is 19.1 Å². The number of hydrogen-bond donors (Lipinski definition) is 1. The van der Waals surface area contributed by atoms with Gasteiger partial charge in [0.05, 0.1) is 30.9 Å². The second-order valence-corrected chi connectivity index (χ2v) is 14.4. The number of methoxy groups -OCH3 is 2. The molecule has 3 aliphatic carbocycles. The normalized spacial score (nSPS) is 27.3. The molecular weight excluding hydrogens is 598 g/mol. The number of alkyl halides is 1. The molecule has 2 amide bonds. The lowest BCUT2D eigenvalue weighted by Gasteiger charge is -2.51. The molecule has 10 heteroatoms. The highest BCUT2D eigenvalue weighted by atomic mass is 35.5. The van der Waals surface area contributed by atoms with Gasteiger partial charge in [-0.2, -0.15) is 0 Å². The zero-order valence-electron chi connectivity index (χ0n) is 26.8. The molecule has 0 saturated carbocycles. The molecule has 242 valence electrons. The summed E-state index contributed by atoms with van der Waals surface area (Å²) in [6, 6.07) is 0. The summed E-state index contributed by atoms with van der Waals surface area (Å²) in [5.74, 6) is 1.60. The summed E-state index contributed by atoms with van der Waals surface area (Å²) >= 11 is 4.97. The average molecular weight is 646 g/mol. The van der Waals surface area contributed by atoms with Crippen LogP contribution in [0.3, 0.4) is 0 Å². The Bertz CT molecular complexity index is 1260. The standard InChI is InChI=1S/C34H48ClN3O5S/c1-24-17-25(2)19-27(18-24)20-32(39)38-15-13-34(38,3)33(40)37(23-26-7-10-29(35)11-8-26)14-6-16-44(41)36-22-28-9-12-30(42-4)21-31(28)43-5/h7-10,12,17-18,25,29,31,36H,6,11,13-16,19-23H2,1-5H3/t25?,29?,31?,34?,44-/m0/s1. The lowest BCUT2D eigenvalue weighted by molar-refractivity contribution is -0.163. The van der Waals surface area contributed by atoms with Gasteiger partial charge in [0.1, 0.15) is 11.3 Å². The molecule has 1 aliphatic heterocycles. The average Bonchev–Trinajstić information content (AvgIpc) is 2.98. The first-order valence-corrected chi connectivity index (χ1v) is 17.3. The van der Waals surface area contributed by atoms with Gasteiger partial charge in [-0.05, 0) is 56.3 Å². The molecule has 4 rings (SSSR count). The molecule has 44 heavy (non-hydrogen) atoms. The number of carbonyl (C=O) groups excluding carboxylic acids is 2. The highest BCUT2D eigenvalue weighted by Crippen LogP contribution is 2.35. The van der Waals surface area contributed by atoms with Crippen molar-refractivity contribution >= 4 is 34.8 Å². The van der Waals surface area contributed by atoms with Crippen LogP contribution in [0.25, 0.3) is 0 Å². The van der Waals surface area contributed by atoms with Crippen molar-refractivity contribution in [3.05, 3.63) is 70.6 Å². The van der Waals surface area contributed by atoms with E-state index in [2.05, 4.69) is 36.8 Å². The van der Waals surface area contributed by atoms with Crippen molar-refractivity contribution in [2.24, 2.45) is 5.92 Å². The smallest absolute Gasteiger partial charge is 0.248 e. The van der Waals surface area contributed by atoms with E-state index in [1.807, 2.05) is 36.1 Å². The van der Waals surface area contributed by atoms with Gasteiger partial charge in [0, 0.05) is 57.4 Å². The third-order valence-electron chi connectivity index (χ3n) is 8.93. The molecule has 5 atom stereocenters. The summed E-state index contributed by atoms with van der Waals surface area (Å²) in [5, 5.41) is -0.0440. The number of ether oxygens (including phenoxy) is 2. The number of likely N-dealkylation sites (tertiary alicyclic amines) is 1. The van der Waals surface area contributed by atoms with Crippen molar-refractivity contribution in [3.8, 4) is 0 Å². The minimum absolute atomic E-state index is 0.00566. The van der Waals surface area contributed by atoms with Gasteiger partial charge >= 0.3 is 0 Å². The summed E-state index contributed by atoms with van der Waals surface area (Å²) in [4.78, 5) is 31.2. The van der Waals surface area contributed by atoms with Gasteiger partial charge in [-0.25, -0.2) is 0 Å². The Kier molecular flexibility index (Phi) is 12.4. The molecule has 0 spiro atoms. The van der Waals surface area contributed by atoms with Gasteiger partial charge < -0.3 is 23.8 Å². The Morgan fingerprint density at radius 2 is 2.07 bits per heavy atom. The molecule has 0 aromatic rings. The molecule has 4 unspecified atom stereocenters. The topological polar surface area (TPSA) is 94.2 Å². The Morgan fingerprint density at radius 1 is 1.27 bits per heavy atom. The summed E-state index contributed by atoms with van der Waals surface area (Å²) in [7, 11) is 3.30. The van der Waals surface area contributed by atoms with Crippen LogP contribution in [0.15, 0.2) is 70.6 Å². The van der Waals surface area contributed by atoms with Crippen molar-refractivity contribution in [1.29, 1.82) is 0 Å². The summed E-state index contributed by atoms with van der Waals surface area (Å²) in [6.45, 7) is 8.01. The molecule has 0 bridgehead atoms. The largest absolute Gasteiger partial charge is 0.598 e. The summed E-state index contributed by atoms with van der Waals surface area (Å²) < 4.78 is 26.9. The number of halogens is 1. The van der Waals surface area contributed by atoms with Gasteiger partial charge in [0.15, 0.2) is 0 Å². The molecule has 1 saturated heterocycles. The van der Waals surface area contributed by atoms with Crippen LogP contribution in [-0.4, -0.2) is 89.3 Å². The van der Waals surface area contributed by atoms with E-state index in [4.69, 9.17) is 21.1 Å². The molecule has 1 N–H and O–H groups in total. The lowest BCUT2D eigenvalue weighted by Crippen LogP contribution is -2.68. The summed E-state index contributed by atoms with van der Waals surface area (Å²) in [6.07, 6.45) is 17.8. The fourth-order valence-corrected chi connectivity index (χ4v) is 7.41. The van der Waals surface area contributed by atoms with Crippen LogP contribution in [0.4, 0.5) is 0 Å². The van der Waals surface area contributed by atoms with Crippen molar-refractivity contribution < 1.29 is 23.6 Å². The van der Waals surface area contributed by atoms with Crippen LogP contribution in [-0.2, 0) is 30.4 Å². The van der Waals surface area contributed by atoms with E-state index in [-0.39, 0.29) is 23.3 Å². The van der Waals surface area contributed by atoms with Gasteiger partial charge in [0.25, 0.3) is 0 Å². The third-order valence-corrected chi connectivity index (χ3v) is 10.4. The quantitative estimate of drug-likeness (QED) is 0.208. The minimum Gasteiger partial charge on any atom is -0.598 e. The van der Waals surface area contributed by atoms with Crippen LogP contribution >= 0.6 is 11.6 Å². The van der Waals surface area contributed by atoms with E-state index in [0.717, 1.165) is 28.9 Å². The Hall–Kier alpha value is -2.30. The van der Waals surface area contributed by atoms with Crippen molar-refractivity contribution in [2.75, 3.05) is 46.2 Å². The van der Waals surface area contributed by atoms with Crippen LogP contribution in [0, 0.1) is 5.92 Å². The van der Waals surface area contributed by atoms with Crippen molar-refractivity contribution in [3.63, 3.8) is 0 Å². The molecule has 0 radical (unpaired) electrons. The first-order valence-electron chi connectivity index (χ1n) is 15.6. The number of hydrogen-bond acceptors (Lipinski definition) is 6. The number of allylic oxidation sites excluding steroid dienone is 7. The van der Waals surface area contributed by atoms with Gasteiger partial charge in [-0.1, -0.05) is 54.5 Å². The number of rotatable bonds is 14. The predicted octanol–water partition coefficient (Wildman–Crippen LogP) is 5.12. The maximum Gasteiger partial charge on any atom is 0.248 e. The van der Waals surface area contributed by atoms with E-state index >= 15 is 0 Å². The van der Waals surface area contributed by atoms with Crippen LogP contribution < -0.4 is 4.72 Å². The molecule has 4 aliphatic rings. The minimum atomic E-state index is -1.28. The summed E-state index contributed by atoms with van der Waals surface area (Å²) in [5.41, 5.74) is 3.47. The van der Waals surface area contributed by atoms with E-state index in [9.17, 15) is 14.1 Å². The lowest BCUT2D eigenvalue weighted by atomic mass is 9.83. The van der Waals surface area contributed by atoms with Gasteiger partial charge in [0.2, 0.25) is 11.8 Å². The number of amides is 2. The van der Waals surface area contributed by atoms with Gasteiger partial charge in [-0.15, -0.1) is 16.3 Å². The molecule has 8 nitrogen and oxygen atoms in total. The van der Waals surface area contributed by atoms with Gasteiger partial charge in [-0.3, -0.25) is 9.59 Å². The molecular formula is C34H48ClN3O5S. The van der Waals surface area contributed by atoms with Crippen molar-refractivity contribution in [2.45, 2.75) is 76.3 Å². The van der Waals surface area contributed by atoms with Crippen LogP contribution in [0.2, 0.25) is 0 Å². The first kappa shape index (κ1) is 34.6. The molecule has 1 heterocycles. The fourth-order valence-electron chi connectivity index (χ4n) is 6.38. The predicted molar refractivity (Wildman–Crippen MR) is 177 cm³/mol. The third kappa shape index (κ3) is 8.91. The zero-order valence-corrected chi connectivity index (χ0v) is 28.3. The number of nitrogens with zero attached hydrogens (tertiary/aromatic N) is 2. The molecule has 0 aromatic heterocycles. The fraction of sp³-hybridized carbons (Fsp3) is 0.588. The van der Waals surface area contributed by atoms with E-state index < -0.39 is 16.9 Å². The van der Waals surface area contributed by atoms with E-state index in [0.29, 0.717) is 70.0 Å². The molecule has 0 aromatic carbocycles. The monoisotopic (exact) mass is 645 g/mol. The Morgan fingerprint density at radius 3 is 2.70 bits per heavy atom. The number of nitrogens with one attached hydrogen (secondary N) is 1. The Labute approximate surface area is 271 Å². The Balaban J connectivity index is 1.36. The SMILES string of the molecule is COC1=CC=C(CN[S@@+]([O-])CCCN(CC2=CCC(Cl)C=C2)C(=O)C2(C)CCN2C(=O)CC2=CC(C)=CC(C)C2)C(OC)C1. The second-order valence-electron chi connectivity index (χ2n) is 12.5. The van der Waals surface area contributed by atoms with Crippen LogP contribution in [0.5, 0.6) is 0 Å². The number of carbonyl (C=O) groups is 2. The highest BCUT2D eigenvalue weighted by molar-refractivity contribution is 7.89. The highest BCUT2D eigenvalue weighted by Gasteiger charge is 2.51. The van der Waals surface area contributed by atoms with Crippen LogP contribution in [0.1, 0.15) is 59.3 Å². The second kappa shape index (κ2) is 15.8. The maximum atomic E-state index is 14.1. The van der Waals surface area contributed by atoms with Crippen molar-refractivity contribution in [1.82, 2.24) is 14.5 Å². The van der Waals surface area contributed by atoms with E-state index in [1.165, 1.54) is 5.57 Å².